The lowest BCUT2D eigenvalue weighted by molar-refractivity contribution is 0.617. The predicted octanol–water partition coefficient (Wildman–Crippen LogP) is 1.82. The Labute approximate surface area is 92.9 Å². The van der Waals surface area contributed by atoms with Crippen molar-refractivity contribution in [2.45, 2.75) is 26.2 Å². The number of hydrogen-bond acceptors (Lipinski definition) is 3. The third kappa shape index (κ3) is 2.62. The molecular weight excluding hydrogens is 207 g/mol. The zero-order valence-electron chi connectivity index (χ0n) is 9.07. The van der Waals surface area contributed by atoms with Crippen molar-refractivity contribution >= 4 is 0 Å². The molecule has 1 heterocycles. The van der Waals surface area contributed by atoms with Gasteiger partial charge in [-0.3, -0.25) is 0 Å². The van der Waals surface area contributed by atoms with Crippen LogP contribution in [0.2, 0.25) is 0 Å². The van der Waals surface area contributed by atoms with Gasteiger partial charge in [0.1, 0.15) is 5.82 Å². The maximum absolute atomic E-state index is 13.0. The van der Waals surface area contributed by atoms with Gasteiger partial charge in [0.05, 0.1) is 0 Å². The summed E-state index contributed by atoms with van der Waals surface area (Å²) in [7, 11) is 0. The fraction of sp³-hybridized carbons (Fsp3) is 0.364. The van der Waals surface area contributed by atoms with Gasteiger partial charge in [0, 0.05) is 6.42 Å². The van der Waals surface area contributed by atoms with Crippen LogP contribution in [0.5, 0.6) is 0 Å². The van der Waals surface area contributed by atoms with Gasteiger partial charge in [-0.15, -0.1) is 10.2 Å². The summed E-state index contributed by atoms with van der Waals surface area (Å²) < 4.78 is 13.0. The molecule has 4 nitrogen and oxygen atoms in total. The van der Waals surface area contributed by atoms with Crippen LogP contribution >= 0.6 is 0 Å². The molecule has 0 radical (unpaired) electrons. The summed E-state index contributed by atoms with van der Waals surface area (Å²) in [6.45, 7) is 1.78. The van der Waals surface area contributed by atoms with Crippen molar-refractivity contribution in [3.8, 4) is 0 Å². The second-order valence-electron chi connectivity index (χ2n) is 3.77. The number of aryl methyl sites for hydroxylation is 3. The van der Waals surface area contributed by atoms with Gasteiger partial charge < -0.3 is 0 Å². The topological polar surface area (TPSA) is 54.5 Å². The van der Waals surface area contributed by atoms with E-state index in [1.807, 2.05) is 12.1 Å². The highest BCUT2D eigenvalue weighted by Crippen LogP contribution is 2.11. The first kappa shape index (κ1) is 10.7. The van der Waals surface area contributed by atoms with Crippen LogP contribution in [0.3, 0.4) is 0 Å². The van der Waals surface area contributed by atoms with Gasteiger partial charge in [-0.05, 0) is 37.0 Å². The van der Waals surface area contributed by atoms with E-state index in [1.54, 1.807) is 6.92 Å². The van der Waals surface area contributed by atoms with Crippen molar-refractivity contribution in [1.29, 1.82) is 0 Å². The molecule has 0 bridgehead atoms. The molecule has 0 amide bonds. The van der Waals surface area contributed by atoms with Crippen LogP contribution in [0.15, 0.2) is 18.2 Å². The molecule has 1 N–H and O–H groups in total. The van der Waals surface area contributed by atoms with E-state index in [0.717, 1.165) is 30.7 Å². The molecular formula is C11H13FN4. The second-order valence-corrected chi connectivity index (χ2v) is 3.77. The molecule has 0 unspecified atom stereocenters. The van der Waals surface area contributed by atoms with Crippen LogP contribution in [0, 0.1) is 12.7 Å². The Morgan fingerprint density at radius 3 is 2.88 bits per heavy atom. The Hall–Kier alpha value is -1.78. The molecule has 1 aromatic heterocycles. The number of aromatic amines is 1. The highest BCUT2D eigenvalue weighted by molar-refractivity contribution is 5.23. The summed E-state index contributed by atoms with van der Waals surface area (Å²) in [5.74, 6) is 0.570. The lowest BCUT2D eigenvalue weighted by atomic mass is 10.1. The van der Waals surface area contributed by atoms with Crippen LogP contribution < -0.4 is 0 Å². The first-order valence-electron chi connectivity index (χ1n) is 5.23. The lowest BCUT2D eigenvalue weighted by Crippen LogP contribution is -1.93. The van der Waals surface area contributed by atoms with Gasteiger partial charge in [-0.2, -0.15) is 5.21 Å². The molecule has 2 rings (SSSR count). The normalized spacial score (nSPS) is 10.6. The van der Waals surface area contributed by atoms with Crippen molar-refractivity contribution in [3.63, 3.8) is 0 Å². The van der Waals surface area contributed by atoms with Crippen LogP contribution in [0.4, 0.5) is 4.39 Å². The number of nitrogens with one attached hydrogen (secondary N) is 1. The van der Waals surface area contributed by atoms with Crippen LogP contribution in [-0.2, 0) is 12.8 Å². The molecule has 0 spiro atoms. The molecule has 0 atom stereocenters. The molecule has 0 fully saturated rings. The van der Waals surface area contributed by atoms with E-state index in [1.165, 1.54) is 6.07 Å². The smallest absolute Gasteiger partial charge is 0.174 e. The van der Waals surface area contributed by atoms with Gasteiger partial charge in [-0.25, -0.2) is 4.39 Å². The molecule has 5 heteroatoms. The minimum atomic E-state index is -0.151. The van der Waals surface area contributed by atoms with E-state index in [2.05, 4.69) is 20.6 Å². The summed E-state index contributed by atoms with van der Waals surface area (Å²) in [5, 5.41) is 13.6. The summed E-state index contributed by atoms with van der Waals surface area (Å²) in [4.78, 5) is 0. The Balaban J connectivity index is 1.87. The second kappa shape index (κ2) is 4.83. The van der Waals surface area contributed by atoms with Crippen LogP contribution in [0.25, 0.3) is 0 Å². The van der Waals surface area contributed by atoms with E-state index in [9.17, 15) is 4.39 Å². The Morgan fingerprint density at radius 2 is 2.19 bits per heavy atom. The molecule has 1 aromatic carbocycles. The fourth-order valence-electron chi connectivity index (χ4n) is 1.60. The SMILES string of the molecule is Cc1cc(CCCc2nn[nH]n2)ccc1F. The zero-order valence-corrected chi connectivity index (χ0v) is 9.07. The summed E-state index contributed by atoms with van der Waals surface area (Å²) >= 11 is 0. The number of tetrazole rings is 1. The van der Waals surface area contributed by atoms with E-state index < -0.39 is 0 Å². The fourth-order valence-corrected chi connectivity index (χ4v) is 1.60. The average Bonchev–Trinajstić information content (AvgIpc) is 2.76. The van der Waals surface area contributed by atoms with Crippen LogP contribution in [0.1, 0.15) is 23.4 Å². The Kier molecular flexibility index (Phi) is 3.24. The zero-order chi connectivity index (χ0) is 11.4. The van der Waals surface area contributed by atoms with Gasteiger partial charge in [0.15, 0.2) is 5.82 Å². The number of H-pyrrole nitrogens is 1. The number of halogens is 1. The number of hydrogen-bond donors (Lipinski definition) is 1. The molecule has 0 saturated heterocycles. The molecule has 0 saturated carbocycles. The van der Waals surface area contributed by atoms with Crippen molar-refractivity contribution in [1.82, 2.24) is 20.6 Å². The largest absolute Gasteiger partial charge is 0.207 e. The van der Waals surface area contributed by atoms with Crippen molar-refractivity contribution in [3.05, 3.63) is 41.0 Å². The van der Waals surface area contributed by atoms with E-state index in [-0.39, 0.29) is 5.82 Å². The summed E-state index contributed by atoms with van der Waals surface area (Å²) in [6.07, 6.45) is 2.62. The molecule has 0 aliphatic rings. The Bertz CT molecular complexity index is 453. The van der Waals surface area contributed by atoms with Crippen molar-refractivity contribution in [2.75, 3.05) is 0 Å². The number of rotatable bonds is 4. The molecule has 0 aliphatic heterocycles. The minimum absolute atomic E-state index is 0.151. The summed E-state index contributed by atoms with van der Waals surface area (Å²) in [6, 6.07) is 5.21. The van der Waals surface area contributed by atoms with Crippen molar-refractivity contribution in [2.24, 2.45) is 0 Å². The van der Waals surface area contributed by atoms with Gasteiger partial charge in [0.2, 0.25) is 0 Å². The van der Waals surface area contributed by atoms with E-state index in [0.29, 0.717) is 5.56 Å². The summed E-state index contributed by atoms with van der Waals surface area (Å²) in [5.41, 5.74) is 1.83. The third-order valence-electron chi connectivity index (χ3n) is 2.48. The highest BCUT2D eigenvalue weighted by Gasteiger charge is 2.01. The monoisotopic (exact) mass is 220 g/mol. The number of benzene rings is 1. The van der Waals surface area contributed by atoms with Crippen LogP contribution in [-0.4, -0.2) is 20.6 Å². The third-order valence-corrected chi connectivity index (χ3v) is 2.48. The first-order chi connectivity index (χ1) is 7.75. The maximum atomic E-state index is 13.0. The highest BCUT2D eigenvalue weighted by atomic mass is 19.1. The number of aromatic nitrogens is 4. The van der Waals surface area contributed by atoms with Gasteiger partial charge in [-0.1, -0.05) is 17.3 Å². The predicted molar refractivity (Wildman–Crippen MR) is 57.3 cm³/mol. The van der Waals surface area contributed by atoms with Gasteiger partial charge >= 0.3 is 0 Å². The molecule has 84 valence electrons. The van der Waals surface area contributed by atoms with E-state index in [4.69, 9.17) is 0 Å². The first-order valence-corrected chi connectivity index (χ1v) is 5.23. The molecule has 0 aliphatic carbocycles. The Morgan fingerprint density at radius 1 is 1.31 bits per heavy atom. The molecule has 16 heavy (non-hydrogen) atoms. The quantitative estimate of drug-likeness (QED) is 0.855. The van der Waals surface area contributed by atoms with Crippen molar-refractivity contribution < 1.29 is 4.39 Å². The number of nitrogens with zero attached hydrogens (tertiary/aromatic N) is 3. The van der Waals surface area contributed by atoms with E-state index >= 15 is 0 Å². The maximum Gasteiger partial charge on any atom is 0.174 e. The standard InChI is InChI=1S/C11H13FN4/c1-8-7-9(5-6-10(8)12)3-2-4-11-13-15-16-14-11/h5-7H,2-4H2,1H3,(H,13,14,15,16). The minimum Gasteiger partial charge on any atom is -0.207 e. The average molecular weight is 220 g/mol. The van der Waals surface area contributed by atoms with Gasteiger partial charge in [0.25, 0.3) is 0 Å². The molecule has 2 aromatic rings. The lowest BCUT2D eigenvalue weighted by Gasteiger charge is -2.02.